The van der Waals surface area contributed by atoms with Crippen LogP contribution in [0.15, 0.2) is 24.3 Å². The Balaban J connectivity index is 2.56. The standard InChI is InChI=1S/C11H12N4O2/c12-5-6-13-9-7-3-1-2-4-8(7)14-10(15-9)11(16)17/h1-4H,5-6,12H2,(H,16,17)(H,13,14,15). The third kappa shape index (κ3) is 2.31. The normalized spacial score (nSPS) is 10.4. The van der Waals surface area contributed by atoms with Gasteiger partial charge in [0.15, 0.2) is 0 Å². The lowest BCUT2D eigenvalue weighted by atomic mass is 10.2. The summed E-state index contributed by atoms with van der Waals surface area (Å²) in [7, 11) is 0. The van der Waals surface area contributed by atoms with Gasteiger partial charge in [-0.05, 0) is 12.1 Å². The van der Waals surface area contributed by atoms with E-state index in [4.69, 9.17) is 10.8 Å². The van der Waals surface area contributed by atoms with Crippen molar-refractivity contribution in [1.29, 1.82) is 0 Å². The minimum Gasteiger partial charge on any atom is -0.475 e. The van der Waals surface area contributed by atoms with Gasteiger partial charge in [-0.25, -0.2) is 14.8 Å². The molecule has 1 aromatic carbocycles. The number of carboxylic acids is 1. The predicted octanol–water partition coefficient (Wildman–Crippen LogP) is 0.699. The lowest BCUT2D eigenvalue weighted by Crippen LogP contribution is -2.16. The maximum Gasteiger partial charge on any atom is 0.374 e. The van der Waals surface area contributed by atoms with Gasteiger partial charge in [0.05, 0.1) is 5.52 Å². The zero-order chi connectivity index (χ0) is 12.3. The van der Waals surface area contributed by atoms with Gasteiger partial charge in [-0.3, -0.25) is 0 Å². The summed E-state index contributed by atoms with van der Waals surface area (Å²) in [5.74, 6) is -0.867. The van der Waals surface area contributed by atoms with Gasteiger partial charge in [-0.15, -0.1) is 0 Å². The molecule has 0 aliphatic rings. The Morgan fingerprint density at radius 3 is 2.82 bits per heavy atom. The molecule has 0 amide bonds. The van der Waals surface area contributed by atoms with Gasteiger partial charge in [0, 0.05) is 18.5 Å². The molecule has 0 aliphatic carbocycles. The first-order chi connectivity index (χ1) is 8.22. The van der Waals surface area contributed by atoms with Crippen molar-refractivity contribution in [1.82, 2.24) is 9.97 Å². The number of para-hydroxylation sites is 1. The van der Waals surface area contributed by atoms with E-state index in [1.807, 2.05) is 12.1 Å². The second kappa shape index (κ2) is 4.75. The number of aromatic nitrogens is 2. The van der Waals surface area contributed by atoms with Gasteiger partial charge in [0.25, 0.3) is 0 Å². The molecular formula is C11H12N4O2. The molecule has 1 aromatic heterocycles. The van der Waals surface area contributed by atoms with Crippen LogP contribution in [0.5, 0.6) is 0 Å². The molecule has 6 heteroatoms. The number of carboxylic acid groups (broad SMARTS) is 1. The van der Waals surface area contributed by atoms with E-state index < -0.39 is 5.97 Å². The molecule has 2 aromatic rings. The largest absolute Gasteiger partial charge is 0.475 e. The molecule has 88 valence electrons. The van der Waals surface area contributed by atoms with Crippen LogP contribution in [-0.2, 0) is 0 Å². The summed E-state index contributed by atoms with van der Waals surface area (Å²) in [6, 6.07) is 7.23. The van der Waals surface area contributed by atoms with Crippen LogP contribution in [-0.4, -0.2) is 34.1 Å². The van der Waals surface area contributed by atoms with Crippen LogP contribution in [0, 0.1) is 0 Å². The van der Waals surface area contributed by atoms with E-state index in [1.54, 1.807) is 12.1 Å². The Kier molecular flexibility index (Phi) is 3.15. The highest BCUT2D eigenvalue weighted by atomic mass is 16.4. The van der Waals surface area contributed by atoms with Crippen molar-refractivity contribution in [3.63, 3.8) is 0 Å². The Hall–Kier alpha value is -2.21. The molecule has 0 saturated heterocycles. The third-order valence-electron chi connectivity index (χ3n) is 2.23. The predicted molar refractivity (Wildman–Crippen MR) is 64.0 cm³/mol. The molecule has 6 nitrogen and oxygen atoms in total. The van der Waals surface area contributed by atoms with Crippen LogP contribution in [0.25, 0.3) is 10.9 Å². The number of carbonyl (C=O) groups is 1. The molecule has 4 N–H and O–H groups in total. The molecule has 0 unspecified atom stereocenters. The minimum atomic E-state index is -1.15. The summed E-state index contributed by atoms with van der Waals surface area (Å²) < 4.78 is 0. The topological polar surface area (TPSA) is 101 Å². The molecule has 0 atom stereocenters. The fraction of sp³-hybridized carbons (Fsp3) is 0.182. The molecular weight excluding hydrogens is 220 g/mol. The second-order valence-electron chi connectivity index (χ2n) is 3.43. The lowest BCUT2D eigenvalue weighted by molar-refractivity contribution is 0.0684. The highest BCUT2D eigenvalue weighted by Gasteiger charge is 2.11. The molecule has 1 heterocycles. The number of hydrogen-bond acceptors (Lipinski definition) is 5. The van der Waals surface area contributed by atoms with Gasteiger partial charge >= 0.3 is 5.97 Å². The SMILES string of the molecule is NCCNc1nc(C(=O)O)nc2ccccc12. The van der Waals surface area contributed by atoms with Crippen molar-refractivity contribution < 1.29 is 9.90 Å². The van der Waals surface area contributed by atoms with E-state index >= 15 is 0 Å². The van der Waals surface area contributed by atoms with E-state index in [0.717, 1.165) is 5.39 Å². The fourth-order valence-corrected chi connectivity index (χ4v) is 1.50. The first-order valence-corrected chi connectivity index (χ1v) is 5.16. The van der Waals surface area contributed by atoms with E-state index in [2.05, 4.69) is 15.3 Å². The molecule has 0 spiro atoms. The molecule has 0 bridgehead atoms. The van der Waals surface area contributed by atoms with Gasteiger partial charge in [-0.2, -0.15) is 0 Å². The van der Waals surface area contributed by atoms with Crippen molar-refractivity contribution >= 4 is 22.7 Å². The summed E-state index contributed by atoms with van der Waals surface area (Å²) in [4.78, 5) is 18.8. The smallest absolute Gasteiger partial charge is 0.374 e. The number of hydrogen-bond donors (Lipinski definition) is 3. The molecule has 0 fully saturated rings. The quantitative estimate of drug-likeness (QED) is 0.717. The van der Waals surface area contributed by atoms with Crippen molar-refractivity contribution in [2.45, 2.75) is 0 Å². The summed E-state index contributed by atoms with van der Waals surface area (Å²) in [6.45, 7) is 0.973. The number of anilines is 1. The van der Waals surface area contributed by atoms with E-state index in [-0.39, 0.29) is 5.82 Å². The number of nitrogens with two attached hydrogens (primary N) is 1. The average Bonchev–Trinajstić information content (AvgIpc) is 2.35. The van der Waals surface area contributed by atoms with Crippen LogP contribution < -0.4 is 11.1 Å². The van der Waals surface area contributed by atoms with Gasteiger partial charge < -0.3 is 16.2 Å². The highest BCUT2D eigenvalue weighted by Crippen LogP contribution is 2.19. The van der Waals surface area contributed by atoms with Crippen LogP contribution in [0.1, 0.15) is 10.6 Å². The van der Waals surface area contributed by atoms with Crippen molar-refractivity contribution in [3.05, 3.63) is 30.1 Å². The van der Waals surface area contributed by atoms with E-state index in [9.17, 15) is 4.79 Å². The van der Waals surface area contributed by atoms with Crippen LogP contribution in [0.3, 0.4) is 0 Å². The van der Waals surface area contributed by atoms with Crippen LogP contribution in [0.4, 0.5) is 5.82 Å². The zero-order valence-corrected chi connectivity index (χ0v) is 9.05. The Bertz CT molecular complexity index is 556. The number of nitrogens with one attached hydrogen (secondary N) is 1. The van der Waals surface area contributed by atoms with Gasteiger partial charge in [-0.1, -0.05) is 12.1 Å². The molecule has 17 heavy (non-hydrogen) atoms. The molecule has 0 aliphatic heterocycles. The Morgan fingerprint density at radius 2 is 2.12 bits per heavy atom. The van der Waals surface area contributed by atoms with Gasteiger partial charge in [0.1, 0.15) is 5.82 Å². The number of fused-ring (bicyclic) bond motifs is 1. The third-order valence-corrected chi connectivity index (χ3v) is 2.23. The first kappa shape index (κ1) is 11.3. The fourth-order valence-electron chi connectivity index (χ4n) is 1.50. The lowest BCUT2D eigenvalue weighted by Gasteiger charge is -2.08. The maximum absolute atomic E-state index is 10.9. The first-order valence-electron chi connectivity index (χ1n) is 5.16. The second-order valence-corrected chi connectivity index (χ2v) is 3.43. The van der Waals surface area contributed by atoms with Crippen molar-refractivity contribution in [2.24, 2.45) is 5.73 Å². The van der Waals surface area contributed by atoms with Gasteiger partial charge in [0.2, 0.25) is 5.82 Å². The average molecular weight is 232 g/mol. The summed E-state index contributed by atoms with van der Waals surface area (Å²) in [6.07, 6.45) is 0. The van der Waals surface area contributed by atoms with Crippen molar-refractivity contribution in [2.75, 3.05) is 18.4 Å². The number of nitrogens with zero attached hydrogens (tertiary/aromatic N) is 2. The summed E-state index contributed by atoms with van der Waals surface area (Å²) in [5.41, 5.74) is 5.99. The summed E-state index contributed by atoms with van der Waals surface area (Å²) in [5, 5.41) is 12.7. The minimum absolute atomic E-state index is 0.219. The maximum atomic E-state index is 10.9. The molecule has 2 rings (SSSR count). The number of benzene rings is 1. The van der Waals surface area contributed by atoms with Crippen LogP contribution >= 0.6 is 0 Å². The zero-order valence-electron chi connectivity index (χ0n) is 9.05. The van der Waals surface area contributed by atoms with Crippen LogP contribution in [0.2, 0.25) is 0 Å². The molecule has 0 radical (unpaired) electrons. The van der Waals surface area contributed by atoms with E-state index in [0.29, 0.717) is 24.4 Å². The van der Waals surface area contributed by atoms with Crippen molar-refractivity contribution in [3.8, 4) is 0 Å². The summed E-state index contributed by atoms with van der Waals surface area (Å²) >= 11 is 0. The number of rotatable bonds is 4. The highest BCUT2D eigenvalue weighted by molar-refractivity contribution is 5.93. The van der Waals surface area contributed by atoms with E-state index in [1.165, 1.54) is 0 Å². The monoisotopic (exact) mass is 232 g/mol. The number of aromatic carboxylic acids is 1. The Morgan fingerprint density at radius 1 is 1.35 bits per heavy atom. The molecule has 0 saturated carbocycles. The Labute approximate surface area is 97.5 Å².